The first kappa shape index (κ1) is 16.0. The minimum absolute atomic E-state index is 0. The van der Waals surface area contributed by atoms with Crippen molar-refractivity contribution < 1.29 is 14.9 Å². The molecule has 7 heteroatoms. The van der Waals surface area contributed by atoms with Crippen LogP contribution in [-0.4, -0.2) is 23.9 Å². The molecule has 0 spiro atoms. The predicted molar refractivity (Wildman–Crippen MR) is 71.3 cm³/mol. The Labute approximate surface area is 116 Å². The monoisotopic (exact) mass is 375 g/mol. The lowest BCUT2D eigenvalue weighted by Gasteiger charge is -2.15. The second-order valence-corrected chi connectivity index (χ2v) is 4.52. The summed E-state index contributed by atoms with van der Waals surface area (Å²) in [5.41, 5.74) is 6.37. The summed E-state index contributed by atoms with van der Waals surface area (Å²) in [6, 6.07) is 1.07. The molecule has 0 aliphatic rings. The Kier molecular flexibility index (Phi) is 6.65. The molecule has 0 bridgehead atoms. The van der Waals surface area contributed by atoms with E-state index in [2.05, 4.69) is 31.9 Å². The Hall–Kier alpha value is -0.0100. The number of hydrogen-bond acceptors (Lipinski definition) is 4. The predicted octanol–water partition coefficient (Wildman–Crippen LogP) is 2.34. The van der Waals surface area contributed by atoms with Crippen LogP contribution in [0, 0.1) is 0 Å². The van der Waals surface area contributed by atoms with Crippen molar-refractivity contribution in [3.05, 3.63) is 20.6 Å². The first-order chi connectivity index (χ1) is 7.02. The minimum atomic E-state index is -0.523. The van der Waals surface area contributed by atoms with Gasteiger partial charge in [0.1, 0.15) is 0 Å². The van der Waals surface area contributed by atoms with Crippen LogP contribution in [0.1, 0.15) is 11.6 Å². The molecule has 1 aromatic rings. The average molecular weight is 377 g/mol. The van der Waals surface area contributed by atoms with Gasteiger partial charge in [0.25, 0.3) is 0 Å². The number of aromatic hydroxyl groups is 1. The lowest BCUT2D eigenvalue weighted by molar-refractivity contribution is 0.267. The summed E-state index contributed by atoms with van der Waals surface area (Å²) in [4.78, 5) is 0. The van der Waals surface area contributed by atoms with E-state index in [1.165, 1.54) is 7.11 Å². The molecule has 0 heterocycles. The lowest BCUT2D eigenvalue weighted by Crippen LogP contribution is -2.15. The number of halogens is 3. The molecule has 0 unspecified atom stereocenters. The standard InChI is InChI=1S/C9H11Br2NO3.ClH/c1-15-6-2-4(5(12)3-13)7(10)8(11)9(6)14;/h2,5,13-14H,3,12H2,1H3;1H/t5-;/m0./s1. The van der Waals surface area contributed by atoms with Crippen LogP contribution < -0.4 is 10.5 Å². The van der Waals surface area contributed by atoms with Gasteiger partial charge in [-0.05, 0) is 43.5 Å². The van der Waals surface area contributed by atoms with Gasteiger partial charge < -0.3 is 20.7 Å². The van der Waals surface area contributed by atoms with Crippen LogP contribution in [0.25, 0.3) is 0 Å². The molecule has 1 rings (SSSR count). The van der Waals surface area contributed by atoms with E-state index in [1.807, 2.05) is 0 Å². The van der Waals surface area contributed by atoms with E-state index >= 15 is 0 Å². The van der Waals surface area contributed by atoms with Crippen molar-refractivity contribution in [3.63, 3.8) is 0 Å². The fourth-order valence-corrected chi connectivity index (χ4v) is 2.16. The summed E-state index contributed by atoms with van der Waals surface area (Å²) < 4.78 is 6.05. The van der Waals surface area contributed by atoms with Crippen molar-refractivity contribution in [3.8, 4) is 11.5 Å². The highest BCUT2D eigenvalue weighted by Gasteiger charge is 2.18. The van der Waals surface area contributed by atoms with Crippen LogP contribution in [0.15, 0.2) is 15.0 Å². The Morgan fingerprint density at radius 1 is 1.44 bits per heavy atom. The number of ether oxygens (including phenoxy) is 1. The SMILES string of the molecule is COc1cc([C@@H](N)CO)c(Br)c(Br)c1O.Cl. The molecule has 1 aromatic carbocycles. The summed E-state index contributed by atoms with van der Waals surface area (Å²) >= 11 is 6.49. The van der Waals surface area contributed by atoms with Crippen LogP contribution >= 0.6 is 44.3 Å². The van der Waals surface area contributed by atoms with Gasteiger partial charge in [0.15, 0.2) is 11.5 Å². The van der Waals surface area contributed by atoms with E-state index in [4.69, 9.17) is 15.6 Å². The summed E-state index contributed by atoms with van der Waals surface area (Å²) in [5, 5.41) is 18.6. The molecule has 0 saturated heterocycles. The van der Waals surface area contributed by atoms with Gasteiger partial charge in [-0.3, -0.25) is 0 Å². The summed E-state index contributed by atoms with van der Waals surface area (Å²) in [6.07, 6.45) is 0. The van der Waals surface area contributed by atoms with E-state index in [1.54, 1.807) is 6.07 Å². The van der Waals surface area contributed by atoms with Gasteiger partial charge >= 0.3 is 0 Å². The first-order valence-corrected chi connectivity index (χ1v) is 5.72. The van der Waals surface area contributed by atoms with Crippen molar-refractivity contribution in [1.82, 2.24) is 0 Å². The highest BCUT2D eigenvalue weighted by Crippen LogP contribution is 2.43. The Balaban J connectivity index is 0.00000225. The molecule has 0 radical (unpaired) electrons. The Bertz CT molecular complexity index is 376. The van der Waals surface area contributed by atoms with Crippen LogP contribution in [0.2, 0.25) is 0 Å². The summed E-state index contributed by atoms with van der Waals surface area (Å²) in [5.74, 6) is 0.308. The second kappa shape index (κ2) is 6.66. The molecule has 0 saturated carbocycles. The molecule has 92 valence electrons. The molecule has 4 N–H and O–H groups in total. The number of methoxy groups -OCH3 is 1. The summed E-state index contributed by atoms with van der Waals surface area (Å²) in [6.45, 7) is -0.182. The van der Waals surface area contributed by atoms with Gasteiger partial charge in [0, 0.05) is 4.47 Å². The highest BCUT2D eigenvalue weighted by atomic mass is 79.9. The van der Waals surface area contributed by atoms with Gasteiger partial charge in [-0.15, -0.1) is 12.4 Å². The molecule has 1 atom stereocenters. The molecule has 0 aromatic heterocycles. The van der Waals surface area contributed by atoms with E-state index < -0.39 is 6.04 Å². The maximum atomic E-state index is 9.65. The Morgan fingerprint density at radius 2 is 2.00 bits per heavy atom. The number of benzene rings is 1. The smallest absolute Gasteiger partial charge is 0.173 e. The van der Waals surface area contributed by atoms with Gasteiger partial charge in [0.05, 0.1) is 24.2 Å². The van der Waals surface area contributed by atoms with Gasteiger partial charge in [-0.1, -0.05) is 0 Å². The summed E-state index contributed by atoms with van der Waals surface area (Å²) in [7, 11) is 1.45. The zero-order valence-corrected chi connectivity index (χ0v) is 12.4. The largest absolute Gasteiger partial charge is 0.503 e. The number of rotatable bonds is 3. The van der Waals surface area contributed by atoms with Crippen LogP contribution in [0.4, 0.5) is 0 Å². The molecule has 16 heavy (non-hydrogen) atoms. The third-order valence-electron chi connectivity index (χ3n) is 1.99. The maximum Gasteiger partial charge on any atom is 0.173 e. The van der Waals surface area contributed by atoms with Crippen LogP contribution in [0.5, 0.6) is 11.5 Å². The van der Waals surface area contributed by atoms with Crippen molar-refractivity contribution >= 4 is 44.3 Å². The zero-order valence-electron chi connectivity index (χ0n) is 8.41. The van der Waals surface area contributed by atoms with Crippen molar-refractivity contribution in [2.45, 2.75) is 6.04 Å². The van der Waals surface area contributed by atoms with Crippen molar-refractivity contribution in [2.75, 3.05) is 13.7 Å². The average Bonchev–Trinajstić information content (AvgIpc) is 2.25. The fraction of sp³-hybridized carbons (Fsp3) is 0.333. The van der Waals surface area contributed by atoms with Gasteiger partial charge in [-0.25, -0.2) is 0 Å². The normalized spacial score (nSPS) is 11.8. The molecule has 0 aliphatic heterocycles. The molecule has 0 aliphatic carbocycles. The number of nitrogens with two attached hydrogens (primary N) is 1. The number of aliphatic hydroxyl groups excluding tert-OH is 1. The third kappa shape index (κ3) is 3.01. The van der Waals surface area contributed by atoms with Crippen molar-refractivity contribution in [1.29, 1.82) is 0 Å². The number of phenolic OH excluding ortho intramolecular Hbond substituents is 1. The Morgan fingerprint density at radius 3 is 2.44 bits per heavy atom. The number of aliphatic hydroxyl groups is 1. The molecule has 0 fully saturated rings. The topological polar surface area (TPSA) is 75.7 Å². The molecular weight excluding hydrogens is 365 g/mol. The molecular formula is C9H12Br2ClNO3. The number of hydrogen-bond donors (Lipinski definition) is 3. The zero-order chi connectivity index (χ0) is 11.6. The molecule has 0 amide bonds. The quantitative estimate of drug-likeness (QED) is 0.756. The third-order valence-corrected chi connectivity index (χ3v) is 4.15. The van der Waals surface area contributed by atoms with E-state index in [9.17, 15) is 5.11 Å². The second-order valence-electron chi connectivity index (χ2n) is 2.93. The van der Waals surface area contributed by atoms with E-state index in [-0.39, 0.29) is 24.8 Å². The van der Waals surface area contributed by atoms with E-state index in [0.29, 0.717) is 20.3 Å². The van der Waals surface area contributed by atoms with Crippen LogP contribution in [0.3, 0.4) is 0 Å². The minimum Gasteiger partial charge on any atom is -0.503 e. The van der Waals surface area contributed by atoms with Gasteiger partial charge in [-0.2, -0.15) is 0 Å². The molecule has 4 nitrogen and oxygen atoms in total. The maximum absolute atomic E-state index is 9.65. The first-order valence-electron chi connectivity index (χ1n) is 4.14. The number of phenols is 1. The fourth-order valence-electron chi connectivity index (χ4n) is 1.14. The lowest BCUT2D eigenvalue weighted by atomic mass is 10.1. The van der Waals surface area contributed by atoms with E-state index in [0.717, 1.165) is 0 Å². The van der Waals surface area contributed by atoms with Gasteiger partial charge in [0.2, 0.25) is 0 Å². The highest BCUT2D eigenvalue weighted by molar-refractivity contribution is 9.13. The van der Waals surface area contributed by atoms with Crippen molar-refractivity contribution in [2.24, 2.45) is 5.73 Å². The van der Waals surface area contributed by atoms with Crippen LogP contribution in [-0.2, 0) is 0 Å².